The summed E-state index contributed by atoms with van der Waals surface area (Å²) in [4.78, 5) is 0. The molecule has 0 atom stereocenters. The van der Waals surface area contributed by atoms with Crippen LogP contribution < -0.4 is 5.32 Å². The first-order chi connectivity index (χ1) is 6.68. The minimum Gasteiger partial charge on any atom is -0.380 e. The minimum absolute atomic E-state index is 0.128. The highest BCUT2D eigenvalue weighted by molar-refractivity contribution is 5.47. The van der Waals surface area contributed by atoms with Crippen LogP contribution in [0.1, 0.15) is 47.1 Å². The molecule has 0 bridgehead atoms. The molecule has 84 valence electrons. The lowest BCUT2D eigenvalue weighted by molar-refractivity contribution is 0.590. The maximum absolute atomic E-state index is 3.46. The maximum Gasteiger partial charge on any atom is 0.0344 e. The van der Waals surface area contributed by atoms with Crippen molar-refractivity contribution >= 4 is 5.69 Å². The van der Waals surface area contributed by atoms with Crippen molar-refractivity contribution in [1.82, 2.24) is 0 Å². The molecular weight excluding hydrogens is 182 g/mol. The van der Waals surface area contributed by atoms with Gasteiger partial charge in [0.25, 0.3) is 0 Å². The second-order valence-corrected chi connectivity index (χ2v) is 6.20. The molecule has 1 rings (SSSR count). The SMILES string of the molecule is CC(C)(C)Nc1ccc(C(C)(C)C)cc1. The average Bonchev–Trinajstić information content (AvgIpc) is 2.00. The van der Waals surface area contributed by atoms with Crippen LogP contribution in [0, 0.1) is 0 Å². The summed E-state index contributed by atoms with van der Waals surface area (Å²) >= 11 is 0. The van der Waals surface area contributed by atoms with Crippen LogP contribution in [0.5, 0.6) is 0 Å². The number of hydrogen-bond acceptors (Lipinski definition) is 1. The molecule has 0 spiro atoms. The van der Waals surface area contributed by atoms with E-state index in [9.17, 15) is 0 Å². The molecule has 1 heteroatoms. The minimum atomic E-state index is 0.128. The molecule has 0 amide bonds. The quantitative estimate of drug-likeness (QED) is 0.724. The Morgan fingerprint density at radius 1 is 0.800 bits per heavy atom. The number of benzene rings is 1. The fourth-order valence-electron chi connectivity index (χ4n) is 1.49. The highest BCUT2D eigenvalue weighted by atomic mass is 14.9. The molecule has 0 saturated heterocycles. The van der Waals surface area contributed by atoms with Crippen molar-refractivity contribution in [1.29, 1.82) is 0 Å². The number of nitrogens with one attached hydrogen (secondary N) is 1. The Morgan fingerprint density at radius 3 is 1.60 bits per heavy atom. The van der Waals surface area contributed by atoms with E-state index < -0.39 is 0 Å². The molecule has 0 aliphatic carbocycles. The predicted molar refractivity (Wildman–Crippen MR) is 68.5 cm³/mol. The van der Waals surface area contributed by atoms with Crippen LogP contribution in [0.3, 0.4) is 0 Å². The lowest BCUT2D eigenvalue weighted by Crippen LogP contribution is -2.26. The zero-order valence-electron chi connectivity index (χ0n) is 10.8. The van der Waals surface area contributed by atoms with Crippen molar-refractivity contribution in [3.05, 3.63) is 29.8 Å². The molecule has 0 aliphatic rings. The lowest BCUT2D eigenvalue weighted by Gasteiger charge is -2.24. The Kier molecular flexibility index (Phi) is 3.13. The molecule has 0 saturated carbocycles. The Balaban J connectivity index is 2.82. The van der Waals surface area contributed by atoms with Gasteiger partial charge in [0, 0.05) is 11.2 Å². The van der Waals surface area contributed by atoms with Gasteiger partial charge in [-0.05, 0) is 43.9 Å². The van der Waals surface area contributed by atoms with Crippen LogP contribution in [0.2, 0.25) is 0 Å². The van der Waals surface area contributed by atoms with Gasteiger partial charge in [0.05, 0.1) is 0 Å². The van der Waals surface area contributed by atoms with Crippen molar-refractivity contribution in [3.63, 3.8) is 0 Å². The van der Waals surface area contributed by atoms with Crippen molar-refractivity contribution in [2.75, 3.05) is 5.32 Å². The molecule has 15 heavy (non-hydrogen) atoms. The van der Waals surface area contributed by atoms with E-state index in [0.717, 1.165) is 0 Å². The summed E-state index contributed by atoms with van der Waals surface area (Å²) in [6, 6.07) is 8.72. The van der Waals surface area contributed by atoms with Crippen molar-refractivity contribution in [2.24, 2.45) is 0 Å². The second-order valence-electron chi connectivity index (χ2n) is 6.20. The fourth-order valence-corrected chi connectivity index (χ4v) is 1.49. The molecule has 0 fully saturated rings. The van der Waals surface area contributed by atoms with Crippen LogP contribution >= 0.6 is 0 Å². The van der Waals surface area contributed by atoms with E-state index in [1.165, 1.54) is 11.3 Å². The normalized spacial score (nSPS) is 12.7. The van der Waals surface area contributed by atoms with Crippen molar-refractivity contribution in [2.45, 2.75) is 52.5 Å². The zero-order valence-corrected chi connectivity index (χ0v) is 10.8. The zero-order chi connectivity index (χ0) is 11.7. The standard InChI is InChI=1S/C14H23N/c1-13(2,3)11-7-9-12(10-8-11)15-14(4,5)6/h7-10,15H,1-6H3. The number of rotatable bonds is 1. The van der Waals surface area contributed by atoms with Gasteiger partial charge >= 0.3 is 0 Å². The fraction of sp³-hybridized carbons (Fsp3) is 0.571. The molecular formula is C14H23N. The molecule has 0 radical (unpaired) electrons. The first kappa shape index (κ1) is 12.1. The molecule has 0 heterocycles. The Hall–Kier alpha value is -0.980. The molecule has 1 aromatic rings. The highest BCUT2D eigenvalue weighted by Crippen LogP contribution is 2.24. The molecule has 0 aliphatic heterocycles. The maximum atomic E-state index is 3.46. The van der Waals surface area contributed by atoms with Gasteiger partial charge in [-0.3, -0.25) is 0 Å². The predicted octanol–water partition coefficient (Wildman–Crippen LogP) is 4.19. The van der Waals surface area contributed by atoms with Crippen LogP contribution in [-0.2, 0) is 5.41 Å². The topological polar surface area (TPSA) is 12.0 Å². The van der Waals surface area contributed by atoms with Crippen LogP contribution in [0.4, 0.5) is 5.69 Å². The van der Waals surface area contributed by atoms with E-state index in [1.807, 2.05) is 0 Å². The van der Waals surface area contributed by atoms with Gasteiger partial charge in [-0.15, -0.1) is 0 Å². The van der Waals surface area contributed by atoms with Crippen molar-refractivity contribution < 1.29 is 0 Å². The van der Waals surface area contributed by atoms with Crippen LogP contribution in [0.25, 0.3) is 0 Å². The summed E-state index contributed by atoms with van der Waals surface area (Å²) in [6.45, 7) is 13.2. The van der Waals surface area contributed by atoms with E-state index in [4.69, 9.17) is 0 Å². The first-order valence-corrected chi connectivity index (χ1v) is 5.57. The molecule has 0 aromatic heterocycles. The van der Waals surface area contributed by atoms with Gasteiger partial charge in [-0.2, -0.15) is 0 Å². The van der Waals surface area contributed by atoms with E-state index in [2.05, 4.69) is 71.1 Å². The van der Waals surface area contributed by atoms with Gasteiger partial charge in [-0.25, -0.2) is 0 Å². The summed E-state index contributed by atoms with van der Waals surface area (Å²) in [5.41, 5.74) is 2.93. The molecule has 1 aromatic carbocycles. The van der Waals surface area contributed by atoms with Crippen LogP contribution in [-0.4, -0.2) is 5.54 Å². The highest BCUT2D eigenvalue weighted by Gasteiger charge is 2.14. The Morgan fingerprint density at radius 2 is 1.27 bits per heavy atom. The Bertz CT molecular complexity index is 309. The van der Waals surface area contributed by atoms with E-state index >= 15 is 0 Å². The average molecular weight is 205 g/mol. The monoisotopic (exact) mass is 205 g/mol. The first-order valence-electron chi connectivity index (χ1n) is 5.57. The Labute approximate surface area is 93.9 Å². The number of hydrogen-bond donors (Lipinski definition) is 1. The molecule has 1 nitrogen and oxygen atoms in total. The van der Waals surface area contributed by atoms with Crippen LogP contribution in [0.15, 0.2) is 24.3 Å². The van der Waals surface area contributed by atoms with Gasteiger partial charge in [0.1, 0.15) is 0 Å². The lowest BCUT2D eigenvalue weighted by atomic mass is 9.87. The second kappa shape index (κ2) is 3.88. The van der Waals surface area contributed by atoms with Gasteiger partial charge in [0.2, 0.25) is 0 Å². The van der Waals surface area contributed by atoms with E-state index in [-0.39, 0.29) is 11.0 Å². The molecule has 1 N–H and O–H groups in total. The summed E-state index contributed by atoms with van der Waals surface area (Å²) in [7, 11) is 0. The smallest absolute Gasteiger partial charge is 0.0344 e. The molecule has 0 unspecified atom stereocenters. The number of anilines is 1. The third-order valence-electron chi connectivity index (χ3n) is 2.27. The summed E-state index contributed by atoms with van der Waals surface area (Å²) in [5, 5.41) is 3.46. The van der Waals surface area contributed by atoms with Crippen molar-refractivity contribution in [3.8, 4) is 0 Å². The van der Waals surface area contributed by atoms with E-state index in [1.54, 1.807) is 0 Å². The largest absolute Gasteiger partial charge is 0.380 e. The summed E-state index contributed by atoms with van der Waals surface area (Å²) in [6.07, 6.45) is 0. The van der Waals surface area contributed by atoms with Gasteiger partial charge in [0.15, 0.2) is 0 Å². The third kappa shape index (κ3) is 3.94. The van der Waals surface area contributed by atoms with E-state index in [0.29, 0.717) is 0 Å². The summed E-state index contributed by atoms with van der Waals surface area (Å²) < 4.78 is 0. The van der Waals surface area contributed by atoms with Gasteiger partial charge in [-0.1, -0.05) is 32.9 Å². The summed E-state index contributed by atoms with van der Waals surface area (Å²) in [5.74, 6) is 0. The third-order valence-corrected chi connectivity index (χ3v) is 2.27. The van der Waals surface area contributed by atoms with Gasteiger partial charge < -0.3 is 5.32 Å².